The molecule has 0 saturated heterocycles. The number of hydrogen-bond donors (Lipinski definition) is 1. The average Bonchev–Trinajstić information content (AvgIpc) is 1.72. The van der Waals surface area contributed by atoms with Crippen molar-refractivity contribution >= 4 is 0 Å². The quantitative estimate of drug-likeness (QED) is 0.302. The molecule has 0 bridgehead atoms. The topological polar surface area (TPSA) is 20.2 Å². The molecule has 0 atom stereocenters. The smallest absolute Gasteiger partial charge is 0.400 e. The maximum atomic E-state index is 7.00. The minimum atomic E-state index is 0. The molecule has 2 heteroatoms. The molecule has 0 aliphatic heterocycles. The Hall–Kier alpha value is 0.557. The van der Waals surface area contributed by atoms with Crippen LogP contribution in [0.3, 0.4) is 0 Å². The van der Waals surface area contributed by atoms with Crippen LogP contribution in [0.2, 0.25) is 0 Å². The Labute approximate surface area is 58.3 Å². The van der Waals surface area contributed by atoms with Gasteiger partial charge in [-0.05, 0) is 0 Å². The van der Waals surface area contributed by atoms with Crippen LogP contribution in [-0.4, -0.2) is 12.2 Å². The third-order valence-corrected chi connectivity index (χ3v) is 0.354. The minimum absolute atomic E-state index is 0. The summed E-state index contributed by atoms with van der Waals surface area (Å²) in [6.45, 7) is 5.72. The van der Waals surface area contributed by atoms with Crippen molar-refractivity contribution in [2.45, 2.75) is 19.8 Å². The second-order valence-electron chi connectivity index (χ2n) is 0.854. The summed E-state index contributed by atoms with van der Waals surface area (Å²) in [6.07, 6.45) is 2.28. The van der Waals surface area contributed by atoms with Crippen molar-refractivity contribution < 1.29 is 24.0 Å². The van der Waals surface area contributed by atoms with Gasteiger partial charge in [0.1, 0.15) is 0 Å². The summed E-state index contributed by atoms with van der Waals surface area (Å²) in [5.41, 5.74) is 0. The van der Waals surface area contributed by atoms with Gasteiger partial charge in [0.15, 0.2) is 0 Å². The fourth-order valence-electron chi connectivity index (χ4n) is 0. The van der Waals surface area contributed by atoms with Crippen molar-refractivity contribution in [3.05, 3.63) is 6.92 Å². The third kappa shape index (κ3) is 56.2. The molecule has 1 nitrogen and oxygen atoms in total. The van der Waals surface area contributed by atoms with Gasteiger partial charge in [0, 0.05) is 7.11 Å². The summed E-state index contributed by atoms with van der Waals surface area (Å²) in [5.74, 6) is 0. The van der Waals surface area contributed by atoms with E-state index in [-0.39, 0.29) is 18.9 Å². The van der Waals surface area contributed by atoms with E-state index in [9.17, 15) is 0 Å². The Bertz CT molecular complexity index is 10.0. The van der Waals surface area contributed by atoms with Crippen LogP contribution < -0.4 is 18.9 Å². The van der Waals surface area contributed by atoms with E-state index in [0.717, 1.165) is 13.5 Å². The molecule has 0 radical (unpaired) electrons. The first-order valence-corrected chi connectivity index (χ1v) is 2.15. The van der Waals surface area contributed by atoms with E-state index in [2.05, 4.69) is 13.8 Å². The SMILES string of the molecule is CO.[CH2-]CCC.[Li+]. The predicted molar refractivity (Wildman–Crippen MR) is 28.4 cm³/mol. The molecular weight excluding hydrogens is 83.0 g/mol. The first kappa shape index (κ1) is 15.6. The van der Waals surface area contributed by atoms with Gasteiger partial charge in [-0.3, -0.25) is 0 Å². The summed E-state index contributed by atoms with van der Waals surface area (Å²) in [6, 6.07) is 0. The molecule has 0 aromatic carbocycles. The Morgan fingerprint density at radius 2 is 1.57 bits per heavy atom. The Balaban J connectivity index is -0.0000000480. The van der Waals surface area contributed by atoms with E-state index >= 15 is 0 Å². The van der Waals surface area contributed by atoms with E-state index in [1.54, 1.807) is 0 Å². The first-order valence-electron chi connectivity index (χ1n) is 2.15. The normalized spacial score (nSPS) is 5.14. The van der Waals surface area contributed by atoms with Gasteiger partial charge in [-0.25, -0.2) is 0 Å². The summed E-state index contributed by atoms with van der Waals surface area (Å²) in [4.78, 5) is 0. The molecule has 0 spiro atoms. The van der Waals surface area contributed by atoms with E-state index in [0.29, 0.717) is 0 Å². The van der Waals surface area contributed by atoms with Crippen LogP contribution in [0, 0.1) is 6.92 Å². The summed E-state index contributed by atoms with van der Waals surface area (Å²) in [7, 11) is 1.00. The van der Waals surface area contributed by atoms with Crippen molar-refractivity contribution in [2.75, 3.05) is 7.11 Å². The molecule has 0 heterocycles. The monoisotopic (exact) mass is 96.1 g/mol. The second-order valence-corrected chi connectivity index (χ2v) is 0.854. The number of unbranched alkanes of at least 4 members (excludes halogenated alkanes) is 1. The molecule has 40 valence electrons. The van der Waals surface area contributed by atoms with Crippen molar-refractivity contribution in [1.82, 2.24) is 0 Å². The van der Waals surface area contributed by atoms with Crippen LogP contribution in [-0.2, 0) is 0 Å². The summed E-state index contributed by atoms with van der Waals surface area (Å²) >= 11 is 0. The van der Waals surface area contributed by atoms with Gasteiger partial charge in [0.2, 0.25) is 0 Å². The zero-order valence-electron chi connectivity index (χ0n) is 5.57. The molecule has 0 fully saturated rings. The summed E-state index contributed by atoms with van der Waals surface area (Å²) in [5, 5.41) is 7.00. The van der Waals surface area contributed by atoms with Gasteiger partial charge in [-0.2, -0.15) is 6.42 Å². The van der Waals surface area contributed by atoms with Crippen molar-refractivity contribution in [3.63, 3.8) is 0 Å². The third-order valence-electron chi connectivity index (χ3n) is 0.354. The molecule has 0 rings (SSSR count). The van der Waals surface area contributed by atoms with Crippen molar-refractivity contribution in [3.8, 4) is 0 Å². The largest absolute Gasteiger partial charge is 1.00 e. The van der Waals surface area contributed by atoms with Gasteiger partial charge in [-0.15, -0.1) is 0 Å². The number of aliphatic hydroxyl groups excluding tert-OH is 1. The van der Waals surface area contributed by atoms with Crippen LogP contribution in [0.1, 0.15) is 19.8 Å². The standard InChI is InChI=1S/C4H9.CH4O.Li/c1-3-4-2;1-2;/h1,3-4H2,2H3;2H,1H3;/q-1;;+1. The van der Waals surface area contributed by atoms with Crippen LogP contribution in [0.4, 0.5) is 0 Å². The molecule has 0 unspecified atom stereocenters. The number of hydrogen-bond acceptors (Lipinski definition) is 1. The van der Waals surface area contributed by atoms with Crippen LogP contribution >= 0.6 is 0 Å². The molecule has 1 N–H and O–H groups in total. The molecule has 0 aromatic heterocycles. The van der Waals surface area contributed by atoms with Crippen molar-refractivity contribution in [1.29, 1.82) is 0 Å². The van der Waals surface area contributed by atoms with E-state index in [1.807, 2.05) is 0 Å². The van der Waals surface area contributed by atoms with Gasteiger partial charge >= 0.3 is 18.9 Å². The number of rotatable bonds is 1. The molecule has 0 amide bonds. The molecule has 0 saturated carbocycles. The predicted octanol–water partition coefficient (Wildman–Crippen LogP) is -1.77. The zero-order valence-corrected chi connectivity index (χ0v) is 5.57. The maximum absolute atomic E-state index is 7.00. The molecule has 7 heavy (non-hydrogen) atoms. The summed E-state index contributed by atoms with van der Waals surface area (Å²) < 4.78 is 0. The zero-order chi connectivity index (χ0) is 5.41. The fraction of sp³-hybridized carbons (Fsp3) is 0.800. The van der Waals surface area contributed by atoms with Crippen molar-refractivity contribution in [2.24, 2.45) is 0 Å². The Morgan fingerprint density at radius 3 is 1.57 bits per heavy atom. The minimum Gasteiger partial charge on any atom is -0.400 e. The van der Waals surface area contributed by atoms with Crippen LogP contribution in [0.5, 0.6) is 0 Å². The first-order chi connectivity index (χ1) is 2.91. The van der Waals surface area contributed by atoms with E-state index in [1.165, 1.54) is 6.42 Å². The number of aliphatic hydroxyl groups is 1. The fourth-order valence-corrected chi connectivity index (χ4v) is 0. The molecular formula is C5H13LiO. The Morgan fingerprint density at radius 1 is 1.43 bits per heavy atom. The van der Waals surface area contributed by atoms with E-state index in [4.69, 9.17) is 5.11 Å². The maximum Gasteiger partial charge on any atom is 1.00 e. The molecule has 0 aliphatic carbocycles. The van der Waals surface area contributed by atoms with Crippen LogP contribution in [0.15, 0.2) is 0 Å². The molecule has 0 aromatic rings. The molecule has 0 aliphatic rings. The average molecular weight is 96.1 g/mol. The van der Waals surface area contributed by atoms with Gasteiger partial charge in [0.25, 0.3) is 0 Å². The van der Waals surface area contributed by atoms with Crippen LogP contribution in [0.25, 0.3) is 0 Å². The van der Waals surface area contributed by atoms with E-state index < -0.39 is 0 Å². The second kappa shape index (κ2) is 31.0. The van der Waals surface area contributed by atoms with Gasteiger partial charge < -0.3 is 12.0 Å². The Kier molecular flexibility index (Phi) is 69.2. The van der Waals surface area contributed by atoms with Gasteiger partial charge in [0.05, 0.1) is 0 Å². The van der Waals surface area contributed by atoms with Gasteiger partial charge in [-0.1, -0.05) is 13.3 Å².